The van der Waals surface area contributed by atoms with Crippen molar-refractivity contribution in [1.82, 2.24) is 15.5 Å². The average Bonchev–Trinajstić information content (AvgIpc) is 2.88. The van der Waals surface area contributed by atoms with Gasteiger partial charge in [-0.3, -0.25) is 4.79 Å². The summed E-state index contributed by atoms with van der Waals surface area (Å²) in [7, 11) is 0. The van der Waals surface area contributed by atoms with Crippen LogP contribution in [0.2, 0.25) is 0 Å². The predicted molar refractivity (Wildman–Crippen MR) is 68.9 cm³/mol. The van der Waals surface area contributed by atoms with E-state index in [0.29, 0.717) is 12.3 Å². The van der Waals surface area contributed by atoms with Crippen LogP contribution >= 0.6 is 23.1 Å². The second-order valence-corrected chi connectivity index (χ2v) is 5.31. The Morgan fingerprint density at radius 2 is 2.18 bits per heavy atom. The maximum Gasteiger partial charge on any atom is 0.230 e. The fourth-order valence-electron chi connectivity index (χ4n) is 1.20. The quantitative estimate of drug-likeness (QED) is 0.840. The monoisotopic (exact) mass is 265 g/mol. The molecule has 1 aromatic heterocycles. The summed E-state index contributed by atoms with van der Waals surface area (Å²) in [6.07, 6.45) is 0. The van der Waals surface area contributed by atoms with Crippen LogP contribution in [0.25, 0.3) is 0 Å². The molecular formula is C11H11N3OS2. The molecule has 0 bridgehead atoms. The van der Waals surface area contributed by atoms with Gasteiger partial charge in [-0.15, -0.1) is 10.2 Å². The molecule has 0 aliphatic heterocycles. The van der Waals surface area contributed by atoms with Gasteiger partial charge in [-0.25, -0.2) is 0 Å². The summed E-state index contributed by atoms with van der Waals surface area (Å²) in [5.41, 5.74) is 2.76. The van der Waals surface area contributed by atoms with Gasteiger partial charge in [0.15, 0.2) is 4.34 Å². The molecule has 1 amide bonds. The maximum absolute atomic E-state index is 11.5. The number of carbonyl (C=O) groups excluding carboxylic acids is 1. The highest BCUT2D eigenvalue weighted by atomic mass is 32.2. The highest BCUT2D eigenvalue weighted by Gasteiger charge is 2.04. The minimum absolute atomic E-state index is 0.00838. The number of hydrogen-bond acceptors (Lipinski definition) is 5. The van der Waals surface area contributed by atoms with Crippen molar-refractivity contribution in [2.24, 2.45) is 0 Å². The minimum Gasteiger partial charge on any atom is -0.351 e. The SMILES string of the molecule is O=C(CSc1nncs1)NCc1ccccc1. The van der Waals surface area contributed by atoms with Crippen molar-refractivity contribution in [2.45, 2.75) is 10.9 Å². The highest BCUT2D eigenvalue weighted by molar-refractivity contribution is 8.01. The standard InChI is InChI=1S/C11H11N3OS2/c15-10(7-16-11-14-13-8-17-11)12-6-9-4-2-1-3-5-9/h1-5,8H,6-7H2,(H,12,15). The molecule has 2 rings (SSSR count). The van der Waals surface area contributed by atoms with Gasteiger partial charge in [0.2, 0.25) is 5.91 Å². The Bertz CT molecular complexity index is 459. The third-order valence-corrected chi connectivity index (χ3v) is 3.86. The number of nitrogens with zero attached hydrogens (tertiary/aromatic N) is 2. The van der Waals surface area contributed by atoms with Crippen LogP contribution < -0.4 is 5.32 Å². The van der Waals surface area contributed by atoms with Crippen LogP contribution in [0.3, 0.4) is 0 Å². The zero-order valence-electron chi connectivity index (χ0n) is 9.00. The molecule has 88 valence electrons. The van der Waals surface area contributed by atoms with Crippen molar-refractivity contribution in [2.75, 3.05) is 5.75 Å². The van der Waals surface area contributed by atoms with E-state index in [2.05, 4.69) is 15.5 Å². The molecule has 17 heavy (non-hydrogen) atoms. The second-order valence-electron chi connectivity index (χ2n) is 3.26. The minimum atomic E-state index is 0.00838. The summed E-state index contributed by atoms with van der Waals surface area (Å²) in [4.78, 5) is 11.5. The Morgan fingerprint density at radius 3 is 2.88 bits per heavy atom. The molecule has 1 heterocycles. The molecule has 2 aromatic rings. The van der Waals surface area contributed by atoms with Gasteiger partial charge in [-0.1, -0.05) is 53.4 Å². The molecule has 0 fully saturated rings. The zero-order valence-corrected chi connectivity index (χ0v) is 10.6. The molecule has 0 spiro atoms. The van der Waals surface area contributed by atoms with Gasteiger partial charge in [0.25, 0.3) is 0 Å². The zero-order chi connectivity index (χ0) is 11.9. The van der Waals surface area contributed by atoms with Crippen LogP contribution in [-0.2, 0) is 11.3 Å². The van der Waals surface area contributed by atoms with Gasteiger partial charge in [-0.05, 0) is 5.56 Å². The molecule has 1 N–H and O–H groups in total. The van der Waals surface area contributed by atoms with E-state index in [4.69, 9.17) is 0 Å². The summed E-state index contributed by atoms with van der Waals surface area (Å²) >= 11 is 2.84. The summed E-state index contributed by atoms with van der Waals surface area (Å²) in [5, 5.41) is 10.4. The molecule has 6 heteroatoms. The third kappa shape index (κ3) is 4.16. The Labute approximate surface area is 107 Å². The number of amides is 1. The van der Waals surface area contributed by atoms with Gasteiger partial charge in [0, 0.05) is 6.54 Å². The smallest absolute Gasteiger partial charge is 0.230 e. The number of carbonyl (C=O) groups is 1. The van der Waals surface area contributed by atoms with E-state index in [1.54, 1.807) is 5.51 Å². The van der Waals surface area contributed by atoms with Crippen molar-refractivity contribution in [3.05, 3.63) is 41.4 Å². The van der Waals surface area contributed by atoms with Crippen LogP contribution in [0.1, 0.15) is 5.56 Å². The van der Waals surface area contributed by atoms with Gasteiger partial charge in [0.1, 0.15) is 5.51 Å². The molecule has 0 aliphatic rings. The number of rotatable bonds is 5. The third-order valence-electron chi connectivity index (χ3n) is 2.00. The summed E-state index contributed by atoms with van der Waals surface area (Å²) < 4.78 is 0.819. The number of nitrogens with one attached hydrogen (secondary N) is 1. The Morgan fingerprint density at radius 1 is 1.35 bits per heavy atom. The molecule has 0 radical (unpaired) electrons. The van der Waals surface area contributed by atoms with E-state index in [1.165, 1.54) is 23.1 Å². The lowest BCUT2D eigenvalue weighted by atomic mass is 10.2. The second kappa shape index (κ2) is 6.36. The molecule has 4 nitrogen and oxygen atoms in total. The van der Waals surface area contributed by atoms with Gasteiger partial charge in [0.05, 0.1) is 5.75 Å². The summed E-state index contributed by atoms with van der Waals surface area (Å²) in [6, 6.07) is 9.84. The number of benzene rings is 1. The van der Waals surface area contributed by atoms with Crippen molar-refractivity contribution in [3.63, 3.8) is 0 Å². The first-order valence-corrected chi connectivity index (χ1v) is 6.91. The Balaban J connectivity index is 1.71. The molecule has 0 atom stereocenters. The van der Waals surface area contributed by atoms with Crippen LogP contribution in [-0.4, -0.2) is 21.9 Å². The van der Waals surface area contributed by atoms with Crippen LogP contribution in [0, 0.1) is 0 Å². The molecule has 0 unspecified atom stereocenters. The fourth-order valence-corrected chi connectivity index (χ4v) is 2.52. The molecule has 0 aliphatic carbocycles. The van der Waals surface area contributed by atoms with Crippen molar-refractivity contribution in [3.8, 4) is 0 Å². The van der Waals surface area contributed by atoms with Crippen molar-refractivity contribution >= 4 is 29.0 Å². The lowest BCUT2D eigenvalue weighted by Gasteiger charge is -2.03. The van der Waals surface area contributed by atoms with E-state index in [0.717, 1.165) is 9.90 Å². The predicted octanol–water partition coefficient (Wildman–Crippen LogP) is 1.95. The van der Waals surface area contributed by atoms with Gasteiger partial charge >= 0.3 is 0 Å². The summed E-state index contributed by atoms with van der Waals surface area (Å²) in [5.74, 6) is 0.385. The van der Waals surface area contributed by atoms with E-state index >= 15 is 0 Å². The number of aromatic nitrogens is 2. The lowest BCUT2D eigenvalue weighted by Crippen LogP contribution is -2.24. The molecule has 0 saturated carbocycles. The maximum atomic E-state index is 11.5. The molecule has 1 aromatic carbocycles. The Hall–Kier alpha value is -1.40. The highest BCUT2D eigenvalue weighted by Crippen LogP contribution is 2.18. The van der Waals surface area contributed by atoms with Crippen molar-refractivity contribution < 1.29 is 4.79 Å². The first kappa shape index (κ1) is 12.1. The average molecular weight is 265 g/mol. The van der Waals surface area contributed by atoms with E-state index in [9.17, 15) is 4.79 Å². The number of hydrogen-bond donors (Lipinski definition) is 1. The Kier molecular flexibility index (Phi) is 4.52. The van der Waals surface area contributed by atoms with E-state index < -0.39 is 0 Å². The van der Waals surface area contributed by atoms with E-state index in [1.807, 2.05) is 30.3 Å². The molecule has 0 saturated heterocycles. The first-order valence-electron chi connectivity index (χ1n) is 5.04. The van der Waals surface area contributed by atoms with Crippen molar-refractivity contribution in [1.29, 1.82) is 0 Å². The summed E-state index contributed by atoms with van der Waals surface area (Å²) in [6.45, 7) is 0.566. The lowest BCUT2D eigenvalue weighted by molar-refractivity contribution is -0.118. The van der Waals surface area contributed by atoms with Gasteiger partial charge in [-0.2, -0.15) is 0 Å². The van der Waals surface area contributed by atoms with Crippen LogP contribution in [0.5, 0.6) is 0 Å². The first-order chi connectivity index (χ1) is 8.34. The van der Waals surface area contributed by atoms with E-state index in [-0.39, 0.29) is 5.91 Å². The molecular weight excluding hydrogens is 254 g/mol. The van der Waals surface area contributed by atoms with Gasteiger partial charge < -0.3 is 5.32 Å². The topological polar surface area (TPSA) is 54.9 Å². The largest absolute Gasteiger partial charge is 0.351 e. The van der Waals surface area contributed by atoms with Crippen LogP contribution in [0.15, 0.2) is 40.2 Å². The normalized spacial score (nSPS) is 10.1. The fraction of sp³-hybridized carbons (Fsp3) is 0.182. The van der Waals surface area contributed by atoms with Crippen LogP contribution in [0.4, 0.5) is 0 Å². The number of thioether (sulfide) groups is 1.